The molecule has 0 atom stereocenters. The highest BCUT2D eigenvalue weighted by Gasteiger charge is 2.24. The first kappa shape index (κ1) is 16.8. The van der Waals surface area contributed by atoms with Crippen LogP contribution in [0.5, 0.6) is 5.75 Å². The Hall–Kier alpha value is -1.27. The van der Waals surface area contributed by atoms with Gasteiger partial charge in [0.2, 0.25) is 0 Å². The monoisotopic (exact) mass is 300 g/mol. The number of nitrogen functional groups attached to an aromatic ring is 1. The van der Waals surface area contributed by atoms with Gasteiger partial charge in [-0.1, -0.05) is 13.8 Å². The molecule has 0 aliphatic heterocycles. The van der Waals surface area contributed by atoms with Crippen molar-refractivity contribution in [2.24, 2.45) is 5.92 Å². The fourth-order valence-corrected chi connectivity index (χ4v) is 2.78. The van der Waals surface area contributed by atoms with E-state index in [1.807, 2.05) is 27.7 Å². The van der Waals surface area contributed by atoms with Crippen LogP contribution in [0.3, 0.4) is 0 Å². The lowest BCUT2D eigenvalue weighted by Gasteiger charge is -2.12. The minimum atomic E-state index is -0.0883. The second-order valence-corrected chi connectivity index (χ2v) is 6.13. The summed E-state index contributed by atoms with van der Waals surface area (Å²) in [4.78, 5) is 12.7. The second-order valence-electron chi connectivity index (χ2n) is 5.11. The fourth-order valence-electron chi connectivity index (χ4n) is 1.61. The van der Waals surface area contributed by atoms with Crippen molar-refractivity contribution in [3.05, 3.63) is 4.88 Å². The van der Waals surface area contributed by atoms with E-state index in [-0.39, 0.29) is 17.8 Å². The third-order valence-corrected chi connectivity index (χ3v) is 3.75. The Kier molecular flexibility index (Phi) is 6.29. The van der Waals surface area contributed by atoms with Crippen LogP contribution in [0.4, 0.5) is 10.7 Å². The van der Waals surface area contributed by atoms with E-state index in [9.17, 15) is 4.79 Å². The molecule has 114 valence electrons. The maximum Gasteiger partial charge on any atom is 0.177 e. The molecule has 0 unspecified atom stereocenters. The van der Waals surface area contributed by atoms with Crippen LogP contribution in [-0.4, -0.2) is 32.1 Å². The van der Waals surface area contributed by atoms with Crippen LogP contribution in [0.1, 0.15) is 37.4 Å². The first-order chi connectivity index (χ1) is 9.38. The first-order valence-corrected chi connectivity index (χ1v) is 7.56. The number of rotatable bonds is 8. The lowest BCUT2D eigenvalue weighted by atomic mass is 10.1. The standard InChI is InChI=1S/C14H24N2O3S/c1-8(2)11(17)13-10(15)12(19-9(3)4)14(20-13)16-6-7-18-5/h8-9,16H,6-7,15H2,1-5H3. The highest BCUT2D eigenvalue weighted by Crippen LogP contribution is 2.44. The zero-order valence-electron chi connectivity index (χ0n) is 12.8. The van der Waals surface area contributed by atoms with E-state index < -0.39 is 0 Å². The Morgan fingerprint density at radius 1 is 1.35 bits per heavy atom. The van der Waals surface area contributed by atoms with Gasteiger partial charge in [0, 0.05) is 19.6 Å². The van der Waals surface area contributed by atoms with Crippen molar-refractivity contribution in [3.63, 3.8) is 0 Å². The van der Waals surface area contributed by atoms with E-state index >= 15 is 0 Å². The van der Waals surface area contributed by atoms with E-state index in [2.05, 4.69) is 5.32 Å². The van der Waals surface area contributed by atoms with Crippen molar-refractivity contribution < 1.29 is 14.3 Å². The number of ketones is 1. The van der Waals surface area contributed by atoms with Crippen molar-refractivity contribution in [2.45, 2.75) is 33.8 Å². The van der Waals surface area contributed by atoms with Crippen LogP contribution in [0.15, 0.2) is 0 Å². The number of hydrogen-bond donors (Lipinski definition) is 2. The quantitative estimate of drug-likeness (QED) is 0.570. The molecule has 0 radical (unpaired) electrons. The number of Topliss-reactive ketones (excluding diaryl/α,β-unsaturated/α-hetero) is 1. The van der Waals surface area contributed by atoms with Crippen molar-refractivity contribution in [1.29, 1.82) is 0 Å². The predicted molar refractivity (Wildman–Crippen MR) is 84.0 cm³/mol. The number of nitrogens with one attached hydrogen (secondary N) is 1. The van der Waals surface area contributed by atoms with Gasteiger partial charge in [-0.15, -0.1) is 11.3 Å². The van der Waals surface area contributed by atoms with Crippen LogP contribution in [0.2, 0.25) is 0 Å². The largest absolute Gasteiger partial charge is 0.486 e. The Bertz CT molecular complexity index is 456. The molecule has 0 saturated heterocycles. The Morgan fingerprint density at radius 3 is 2.50 bits per heavy atom. The maximum atomic E-state index is 12.2. The van der Waals surface area contributed by atoms with Crippen molar-refractivity contribution >= 4 is 27.8 Å². The molecular weight excluding hydrogens is 276 g/mol. The average Bonchev–Trinajstić information content (AvgIpc) is 2.66. The highest BCUT2D eigenvalue weighted by atomic mass is 32.1. The molecule has 0 aliphatic carbocycles. The number of nitrogens with two attached hydrogens (primary N) is 1. The molecule has 0 saturated carbocycles. The summed E-state index contributed by atoms with van der Waals surface area (Å²) in [7, 11) is 1.64. The van der Waals surface area contributed by atoms with E-state index in [0.717, 1.165) is 5.00 Å². The van der Waals surface area contributed by atoms with Crippen LogP contribution in [-0.2, 0) is 4.74 Å². The van der Waals surface area contributed by atoms with E-state index in [1.54, 1.807) is 7.11 Å². The smallest absolute Gasteiger partial charge is 0.177 e. The molecule has 0 fully saturated rings. The average molecular weight is 300 g/mol. The van der Waals surface area contributed by atoms with Gasteiger partial charge in [-0.05, 0) is 13.8 Å². The van der Waals surface area contributed by atoms with Crippen LogP contribution < -0.4 is 15.8 Å². The predicted octanol–water partition coefficient (Wildman–Crippen LogP) is 3.01. The number of anilines is 2. The molecule has 1 aromatic heterocycles. The summed E-state index contributed by atoms with van der Waals surface area (Å²) in [5.74, 6) is 0.528. The number of hydrogen-bond acceptors (Lipinski definition) is 6. The molecule has 1 heterocycles. The van der Waals surface area contributed by atoms with Gasteiger partial charge < -0.3 is 20.5 Å². The van der Waals surface area contributed by atoms with Crippen LogP contribution in [0.25, 0.3) is 0 Å². The maximum absolute atomic E-state index is 12.2. The van der Waals surface area contributed by atoms with E-state index in [1.165, 1.54) is 11.3 Å². The minimum absolute atomic E-state index is 0.00289. The number of carbonyl (C=O) groups is 1. The molecule has 1 aromatic rings. The van der Waals surface area contributed by atoms with Gasteiger partial charge in [-0.2, -0.15) is 0 Å². The van der Waals surface area contributed by atoms with Gasteiger partial charge in [0.1, 0.15) is 5.00 Å². The summed E-state index contributed by atoms with van der Waals surface area (Å²) in [5.41, 5.74) is 6.52. The van der Waals surface area contributed by atoms with Crippen molar-refractivity contribution in [3.8, 4) is 5.75 Å². The summed E-state index contributed by atoms with van der Waals surface area (Å²) < 4.78 is 10.8. The summed E-state index contributed by atoms with van der Waals surface area (Å²) in [6.07, 6.45) is -0.00289. The lowest BCUT2D eigenvalue weighted by molar-refractivity contribution is 0.0944. The van der Waals surface area contributed by atoms with Crippen molar-refractivity contribution in [2.75, 3.05) is 31.3 Å². The lowest BCUT2D eigenvalue weighted by Crippen LogP contribution is -2.11. The molecular formula is C14H24N2O3S. The summed E-state index contributed by atoms with van der Waals surface area (Å²) in [5, 5.41) is 4.00. The molecule has 5 nitrogen and oxygen atoms in total. The number of methoxy groups -OCH3 is 1. The Morgan fingerprint density at radius 2 is 2.00 bits per heavy atom. The Balaban J connectivity index is 3.06. The van der Waals surface area contributed by atoms with Gasteiger partial charge in [0.05, 0.1) is 23.3 Å². The van der Waals surface area contributed by atoms with Gasteiger partial charge in [-0.25, -0.2) is 0 Å². The zero-order valence-corrected chi connectivity index (χ0v) is 13.6. The van der Waals surface area contributed by atoms with Gasteiger partial charge in [-0.3, -0.25) is 4.79 Å². The summed E-state index contributed by atoms with van der Waals surface area (Å²) in [6.45, 7) is 8.80. The molecule has 0 amide bonds. The molecule has 1 rings (SSSR count). The van der Waals surface area contributed by atoms with Crippen molar-refractivity contribution in [1.82, 2.24) is 0 Å². The van der Waals surface area contributed by atoms with Gasteiger partial charge in [0.25, 0.3) is 0 Å². The first-order valence-electron chi connectivity index (χ1n) is 6.74. The normalized spacial score (nSPS) is 11.2. The molecule has 0 spiro atoms. The minimum Gasteiger partial charge on any atom is -0.486 e. The number of thiophene rings is 1. The molecule has 6 heteroatoms. The third kappa shape index (κ3) is 4.11. The SMILES string of the molecule is COCCNc1sc(C(=O)C(C)C)c(N)c1OC(C)C. The topological polar surface area (TPSA) is 73.6 Å². The van der Waals surface area contributed by atoms with Crippen LogP contribution >= 0.6 is 11.3 Å². The Labute approximate surface area is 124 Å². The second kappa shape index (κ2) is 7.50. The highest BCUT2D eigenvalue weighted by molar-refractivity contribution is 7.19. The molecule has 0 aliphatic rings. The van der Waals surface area contributed by atoms with Gasteiger partial charge in [0.15, 0.2) is 11.5 Å². The zero-order chi connectivity index (χ0) is 15.3. The number of carbonyl (C=O) groups excluding carboxylic acids is 1. The van der Waals surface area contributed by atoms with Crippen LogP contribution in [0, 0.1) is 5.92 Å². The fraction of sp³-hybridized carbons (Fsp3) is 0.643. The van der Waals surface area contributed by atoms with Gasteiger partial charge >= 0.3 is 0 Å². The molecule has 3 N–H and O–H groups in total. The molecule has 0 aromatic carbocycles. The molecule has 20 heavy (non-hydrogen) atoms. The summed E-state index contributed by atoms with van der Waals surface area (Å²) >= 11 is 1.35. The van der Waals surface area contributed by atoms with E-state index in [0.29, 0.717) is 29.5 Å². The third-order valence-electron chi connectivity index (χ3n) is 2.59. The molecule has 0 bridgehead atoms. The summed E-state index contributed by atoms with van der Waals surface area (Å²) in [6, 6.07) is 0. The van der Waals surface area contributed by atoms with E-state index in [4.69, 9.17) is 15.2 Å². The number of ether oxygens (including phenoxy) is 2.